The predicted octanol–water partition coefficient (Wildman–Crippen LogP) is 2.71. The standard InChI is InChI=1S/C18H17N3O3/c1-23-14-6-8-15(9-7-14)24-12-18(22)21-20-11-13-10-19-17-5-3-2-4-16(13)17/h2-11,19H,12H2,1H3,(H,21,22). The van der Waals surface area contributed by atoms with Crippen LogP contribution in [0.3, 0.4) is 0 Å². The average molecular weight is 323 g/mol. The zero-order valence-corrected chi connectivity index (χ0v) is 13.2. The Balaban J connectivity index is 1.51. The van der Waals surface area contributed by atoms with Crippen LogP contribution in [0.5, 0.6) is 11.5 Å². The first-order valence-electron chi connectivity index (χ1n) is 7.41. The van der Waals surface area contributed by atoms with Gasteiger partial charge < -0.3 is 14.5 Å². The van der Waals surface area contributed by atoms with Gasteiger partial charge in [0.15, 0.2) is 6.61 Å². The van der Waals surface area contributed by atoms with E-state index in [1.54, 1.807) is 37.6 Å². The summed E-state index contributed by atoms with van der Waals surface area (Å²) in [4.78, 5) is 14.9. The van der Waals surface area contributed by atoms with Crippen molar-refractivity contribution in [3.63, 3.8) is 0 Å². The molecule has 6 heteroatoms. The maximum atomic E-state index is 11.7. The Morgan fingerprint density at radius 3 is 2.71 bits per heavy atom. The van der Waals surface area contributed by atoms with Gasteiger partial charge in [0.2, 0.25) is 0 Å². The number of aromatic amines is 1. The predicted molar refractivity (Wildman–Crippen MR) is 92.5 cm³/mol. The fourth-order valence-corrected chi connectivity index (χ4v) is 2.23. The SMILES string of the molecule is COc1ccc(OCC(=O)NN=Cc2c[nH]c3ccccc23)cc1. The minimum atomic E-state index is -0.332. The molecule has 0 spiro atoms. The molecule has 0 aliphatic carbocycles. The van der Waals surface area contributed by atoms with Gasteiger partial charge in [-0.1, -0.05) is 18.2 Å². The lowest BCUT2D eigenvalue weighted by molar-refractivity contribution is -0.123. The molecule has 6 nitrogen and oxygen atoms in total. The van der Waals surface area contributed by atoms with Gasteiger partial charge in [-0.25, -0.2) is 5.43 Å². The molecular formula is C18H17N3O3. The molecule has 2 aromatic carbocycles. The zero-order valence-electron chi connectivity index (χ0n) is 13.2. The third-order valence-electron chi connectivity index (χ3n) is 3.44. The van der Waals surface area contributed by atoms with Crippen LogP contribution < -0.4 is 14.9 Å². The van der Waals surface area contributed by atoms with E-state index >= 15 is 0 Å². The molecule has 3 aromatic rings. The van der Waals surface area contributed by atoms with Crippen molar-refractivity contribution in [2.75, 3.05) is 13.7 Å². The van der Waals surface area contributed by atoms with Gasteiger partial charge in [0, 0.05) is 22.7 Å². The van der Waals surface area contributed by atoms with Crippen molar-refractivity contribution in [3.8, 4) is 11.5 Å². The zero-order chi connectivity index (χ0) is 16.8. The minimum Gasteiger partial charge on any atom is -0.497 e. The van der Waals surface area contributed by atoms with Gasteiger partial charge in [-0.15, -0.1) is 0 Å². The minimum absolute atomic E-state index is 0.114. The van der Waals surface area contributed by atoms with Crippen LogP contribution in [0.1, 0.15) is 5.56 Å². The number of hydrogen-bond donors (Lipinski definition) is 2. The number of ether oxygens (including phenoxy) is 2. The van der Waals surface area contributed by atoms with Crippen LogP contribution in [0.15, 0.2) is 59.8 Å². The van der Waals surface area contributed by atoms with Crippen molar-refractivity contribution >= 4 is 23.0 Å². The van der Waals surface area contributed by atoms with E-state index < -0.39 is 0 Å². The number of carbonyl (C=O) groups excluding carboxylic acids is 1. The summed E-state index contributed by atoms with van der Waals surface area (Å²) in [5, 5.41) is 5.01. The Morgan fingerprint density at radius 2 is 1.92 bits per heavy atom. The lowest BCUT2D eigenvalue weighted by Crippen LogP contribution is -2.24. The second kappa shape index (κ2) is 7.32. The Kier molecular flexibility index (Phi) is 4.76. The number of rotatable bonds is 6. The summed E-state index contributed by atoms with van der Waals surface area (Å²) >= 11 is 0. The van der Waals surface area contributed by atoms with Crippen LogP contribution >= 0.6 is 0 Å². The van der Waals surface area contributed by atoms with Crippen molar-refractivity contribution in [1.29, 1.82) is 0 Å². The van der Waals surface area contributed by atoms with Gasteiger partial charge in [-0.05, 0) is 30.3 Å². The number of aromatic nitrogens is 1. The molecule has 0 unspecified atom stereocenters. The molecule has 1 heterocycles. The molecule has 0 saturated carbocycles. The molecule has 0 radical (unpaired) electrons. The van der Waals surface area contributed by atoms with Crippen LogP contribution in [0, 0.1) is 0 Å². The van der Waals surface area contributed by atoms with E-state index in [9.17, 15) is 4.79 Å². The van der Waals surface area contributed by atoms with Crippen LogP contribution in [0.2, 0.25) is 0 Å². The quantitative estimate of drug-likeness (QED) is 0.541. The summed E-state index contributed by atoms with van der Waals surface area (Å²) in [6.45, 7) is -0.114. The van der Waals surface area contributed by atoms with E-state index in [2.05, 4.69) is 15.5 Å². The Morgan fingerprint density at radius 1 is 1.17 bits per heavy atom. The molecule has 0 fully saturated rings. The topological polar surface area (TPSA) is 75.7 Å². The number of nitrogens with one attached hydrogen (secondary N) is 2. The lowest BCUT2D eigenvalue weighted by atomic mass is 10.2. The highest BCUT2D eigenvalue weighted by atomic mass is 16.5. The van der Waals surface area contributed by atoms with Gasteiger partial charge in [-0.3, -0.25) is 4.79 Å². The first kappa shape index (κ1) is 15.6. The first-order chi connectivity index (χ1) is 11.8. The maximum Gasteiger partial charge on any atom is 0.277 e. The number of benzene rings is 2. The highest BCUT2D eigenvalue weighted by Crippen LogP contribution is 2.17. The van der Waals surface area contributed by atoms with Crippen LogP contribution in [0.25, 0.3) is 10.9 Å². The van der Waals surface area contributed by atoms with Crippen molar-refractivity contribution < 1.29 is 14.3 Å². The number of carbonyl (C=O) groups is 1. The number of fused-ring (bicyclic) bond motifs is 1. The molecule has 1 amide bonds. The summed E-state index contributed by atoms with van der Waals surface area (Å²) < 4.78 is 10.4. The van der Waals surface area contributed by atoms with E-state index in [-0.39, 0.29) is 12.5 Å². The summed E-state index contributed by atoms with van der Waals surface area (Å²) in [6, 6.07) is 14.9. The summed E-state index contributed by atoms with van der Waals surface area (Å²) in [7, 11) is 1.59. The van der Waals surface area contributed by atoms with E-state index in [4.69, 9.17) is 9.47 Å². The van der Waals surface area contributed by atoms with E-state index in [1.807, 2.05) is 30.5 Å². The molecule has 0 aliphatic rings. The summed E-state index contributed by atoms with van der Waals surface area (Å²) in [6.07, 6.45) is 3.44. The average Bonchev–Trinajstić information content (AvgIpc) is 3.04. The molecule has 0 aliphatic heterocycles. The summed E-state index contributed by atoms with van der Waals surface area (Å²) in [5.41, 5.74) is 4.37. The fraction of sp³-hybridized carbons (Fsp3) is 0.111. The molecule has 3 rings (SSSR count). The molecule has 0 atom stereocenters. The molecule has 24 heavy (non-hydrogen) atoms. The van der Waals surface area contributed by atoms with Gasteiger partial charge in [0.25, 0.3) is 5.91 Å². The molecule has 2 N–H and O–H groups in total. The van der Waals surface area contributed by atoms with Gasteiger partial charge >= 0.3 is 0 Å². The number of nitrogens with zero attached hydrogens (tertiary/aromatic N) is 1. The number of para-hydroxylation sites is 1. The summed E-state index contributed by atoms with van der Waals surface area (Å²) in [5.74, 6) is 0.989. The van der Waals surface area contributed by atoms with Crippen molar-refractivity contribution in [2.24, 2.45) is 5.10 Å². The molecule has 1 aromatic heterocycles. The van der Waals surface area contributed by atoms with Gasteiger partial charge in [0.1, 0.15) is 11.5 Å². The Labute approximate surface area is 139 Å². The Hall–Kier alpha value is -3.28. The monoisotopic (exact) mass is 323 g/mol. The van der Waals surface area contributed by atoms with Crippen molar-refractivity contribution in [3.05, 3.63) is 60.3 Å². The second-order valence-corrected chi connectivity index (χ2v) is 5.05. The largest absolute Gasteiger partial charge is 0.497 e. The van der Waals surface area contributed by atoms with Crippen LogP contribution in [-0.4, -0.2) is 30.8 Å². The lowest BCUT2D eigenvalue weighted by Gasteiger charge is -2.05. The highest BCUT2D eigenvalue weighted by molar-refractivity contribution is 5.99. The number of amides is 1. The number of hydrogen-bond acceptors (Lipinski definition) is 4. The van der Waals surface area contributed by atoms with Crippen molar-refractivity contribution in [1.82, 2.24) is 10.4 Å². The van der Waals surface area contributed by atoms with E-state index in [1.165, 1.54) is 0 Å². The van der Waals surface area contributed by atoms with Gasteiger partial charge in [0.05, 0.1) is 13.3 Å². The molecule has 0 saturated heterocycles. The molecule has 122 valence electrons. The van der Waals surface area contributed by atoms with Crippen molar-refractivity contribution in [2.45, 2.75) is 0 Å². The highest BCUT2D eigenvalue weighted by Gasteiger charge is 2.03. The smallest absolute Gasteiger partial charge is 0.277 e. The fourth-order valence-electron chi connectivity index (χ4n) is 2.23. The second-order valence-electron chi connectivity index (χ2n) is 5.05. The first-order valence-corrected chi connectivity index (χ1v) is 7.41. The van der Waals surface area contributed by atoms with Crippen LogP contribution in [0.4, 0.5) is 0 Å². The number of hydrazone groups is 1. The van der Waals surface area contributed by atoms with Gasteiger partial charge in [-0.2, -0.15) is 5.10 Å². The Bertz CT molecular complexity index is 853. The third kappa shape index (κ3) is 3.73. The third-order valence-corrected chi connectivity index (χ3v) is 3.44. The number of methoxy groups -OCH3 is 1. The molecular weight excluding hydrogens is 306 g/mol. The van der Waals surface area contributed by atoms with Crippen LogP contribution in [-0.2, 0) is 4.79 Å². The van der Waals surface area contributed by atoms with E-state index in [0.29, 0.717) is 5.75 Å². The van der Waals surface area contributed by atoms with E-state index in [0.717, 1.165) is 22.2 Å². The molecule has 0 bridgehead atoms. The maximum absolute atomic E-state index is 11.7. The number of H-pyrrole nitrogens is 1. The normalized spacial score (nSPS) is 10.9.